The Morgan fingerprint density at radius 2 is 1.45 bits per heavy atom. The van der Waals surface area contributed by atoms with Crippen molar-refractivity contribution in [2.75, 3.05) is 0 Å². The first-order valence-electron chi connectivity index (χ1n) is 9.57. The summed E-state index contributed by atoms with van der Waals surface area (Å²) in [4.78, 5) is 10.9. The molecule has 0 aliphatic rings. The van der Waals surface area contributed by atoms with Crippen LogP contribution in [0.15, 0.2) is 12.2 Å². The van der Waals surface area contributed by atoms with Gasteiger partial charge < -0.3 is 5.11 Å². The molecule has 0 aliphatic carbocycles. The first-order chi connectivity index (χ1) is 10.7. The van der Waals surface area contributed by atoms with Crippen molar-refractivity contribution in [3.63, 3.8) is 0 Å². The van der Waals surface area contributed by atoms with Crippen LogP contribution in [0.3, 0.4) is 0 Å². The zero-order chi connectivity index (χ0) is 16.5. The van der Waals surface area contributed by atoms with Gasteiger partial charge in [0.2, 0.25) is 0 Å². The Hall–Kier alpha value is -0.790. The number of carboxylic acids is 1. The van der Waals surface area contributed by atoms with Gasteiger partial charge in [-0.2, -0.15) is 0 Å². The first kappa shape index (κ1) is 21.2. The largest absolute Gasteiger partial charge is 0.481 e. The average Bonchev–Trinajstić information content (AvgIpc) is 2.49. The summed E-state index contributed by atoms with van der Waals surface area (Å²) in [5, 5.41) is 9.01. The molecule has 0 aromatic rings. The fraction of sp³-hybridized carbons (Fsp3) is 0.850. The molecule has 0 rings (SSSR count). The zero-order valence-electron chi connectivity index (χ0n) is 15.0. The van der Waals surface area contributed by atoms with Gasteiger partial charge >= 0.3 is 5.97 Å². The second-order valence-electron chi connectivity index (χ2n) is 6.58. The van der Waals surface area contributed by atoms with E-state index in [1.807, 2.05) is 0 Å². The highest BCUT2D eigenvalue weighted by Gasteiger charge is 2.11. The third-order valence-electron chi connectivity index (χ3n) is 4.29. The molecule has 1 unspecified atom stereocenters. The van der Waals surface area contributed by atoms with E-state index in [2.05, 4.69) is 26.0 Å². The smallest absolute Gasteiger partial charge is 0.303 e. The minimum Gasteiger partial charge on any atom is -0.481 e. The Balaban J connectivity index is 3.71. The standard InChI is InChI=1S/C20H38O2/c1-3-5-7-9-10-11-12-13-15-17-19(18-20(21)22)16-14-8-6-4-2/h13,15,19H,3-12,14,16-18H2,1-2H3,(H,21,22)/b15-13+. The van der Waals surface area contributed by atoms with Crippen molar-refractivity contribution < 1.29 is 9.90 Å². The Morgan fingerprint density at radius 3 is 2.09 bits per heavy atom. The molecule has 0 bridgehead atoms. The normalized spacial score (nSPS) is 12.8. The van der Waals surface area contributed by atoms with Crippen molar-refractivity contribution in [1.82, 2.24) is 0 Å². The lowest BCUT2D eigenvalue weighted by Gasteiger charge is -2.12. The Kier molecular flexibility index (Phi) is 16.0. The van der Waals surface area contributed by atoms with E-state index in [-0.39, 0.29) is 0 Å². The molecule has 0 heterocycles. The van der Waals surface area contributed by atoms with Crippen LogP contribution in [0.4, 0.5) is 0 Å². The number of unbranched alkanes of at least 4 members (excludes halogenated alkanes) is 9. The van der Waals surface area contributed by atoms with Crippen LogP contribution >= 0.6 is 0 Å². The van der Waals surface area contributed by atoms with Crippen LogP contribution in [0.25, 0.3) is 0 Å². The van der Waals surface area contributed by atoms with E-state index in [1.165, 1.54) is 64.2 Å². The minimum absolute atomic E-state index is 0.327. The lowest BCUT2D eigenvalue weighted by Crippen LogP contribution is -2.07. The van der Waals surface area contributed by atoms with Gasteiger partial charge in [0.05, 0.1) is 0 Å². The number of hydrogen-bond donors (Lipinski definition) is 1. The van der Waals surface area contributed by atoms with Crippen molar-refractivity contribution in [3.05, 3.63) is 12.2 Å². The maximum Gasteiger partial charge on any atom is 0.303 e. The predicted octanol–water partition coefficient (Wildman–Crippen LogP) is 6.74. The quantitative estimate of drug-likeness (QED) is 0.253. The Morgan fingerprint density at radius 1 is 0.864 bits per heavy atom. The van der Waals surface area contributed by atoms with Crippen LogP contribution < -0.4 is 0 Å². The molecule has 0 aromatic heterocycles. The van der Waals surface area contributed by atoms with Crippen molar-refractivity contribution in [2.45, 2.75) is 104 Å². The molecule has 0 aromatic carbocycles. The SMILES string of the molecule is CCCCCCCC/C=C/CC(CCCCCC)CC(=O)O. The molecule has 0 radical (unpaired) electrons. The molecular weight excluding hydrogens is 272 g/mol. The summed E-state index contributed by atoms with van der Waals surface area (Å²) in [5.74, 6) is -0.319. The molecule has 0 saturated heterocycles. The molecular formula is C20H38O2. The molecule has 0 amide bonds. The number of carbonyl (C=O) groups is 1. The van der Waals surface area contributed by atoms with Gasteiger partial charge in [0.1, 0.15) is 0 Å². The van der Waals surface area contributed by atoms with Crippen molar-refractivity contribution in [2.24, 2.45) is 5.92 Å². The number of allylic oxidation sites excluding steroid dienone is 2. The van der Waals surface area contributed by atoms with E-state index >= 15 is 0 Å². The molecule has 2 heteroatoms. The van der Waals surface area contributed by atoms with Crippen LogP contribution in [-0.4, -0.2) is 11.1 Å². The molecule has 22 heavy (non-hydrogen) atoms. The second-order valence-corrected chi connectivity index (χ2v) is 6.58. The summed E-state index contributed by atoms with van der Waals surface area (Å²) in [6, 6.07) is 0. The van der Waals surface area contributed by atoms with Crippen LogP contribution in [0.2, 0.25) is 0 Å². The van der Waals surface area contributed by atoms with Gasteiger partial charge in [-0.3, -0.25) is 4.79 Å². The van der Waals surface area contributed by atoms with Gasteiger partial charge in [-0.15, -0.1) is 0 Å². The number of aliphatic carboxylic acids is 1. The third kappa shape index (κ3) is 15.6. The molecule has 0 fully saturated rings. The van der Waals surface area contributed by atoms with Crippen LogP contribution in [0.1, 0.15) is 104 Å². The minimum atomic E-state index is -0.648. The van der Waals surface area contributed by atoms with Gasteiger partial charge in [0.25, 0.3) is 0 Å². The lowest BCUT2D eigenvalue weighted by atomic mass is 9.94. The predicted molar refractivity (Wildman–Crippen MR) is 96.3 cm³/mol. The Labute approximate surface area is 138 Å². The summed E-state index contributed by atoms with van der Waals surface area (Å²) < 4.78 is 0. The molecule has 2 nitrogen and oxygen atoms in total. The van der Waals surface area contributed by atoms with E-state index in [0.717, 1.165) is 19.3 Å². The maximum absolute atomic E-state index is 10.9. The highest BCUT2D eigenvalue weighted by molar-refractivity contribution is 5.67. The van der Waals surface area contributed by atoms with E-state index in [4.69, 9.17) is 5.11 Å². The van der Waals surface area contributed by atoms with Gasteiger partial charge in [-0.1, -0.05) is 83.8 Å². The topological polar surface area (TPSA) is 37.3 Å². The van der Waals surface area contributed by atoms with Gasteiger partial charge in [-0.25, -0.2) is 0 Å². The van der Waals surface area contributed by atoms with Crippen molar-refractivity contribution in [1.29, 1.82) is 0 Å². The number of rotatable bonds is 16. The van der Waals surface area contributed by atoms with Crippen molar-refractivity contribution >= 4 is 5.97 Å². The monoisotopic (exact) mass is 310 g/mol. The molecule has 0 aliphatic heterocycles. The maximum atomic E-state index is 10.9. The van der Waals surface area contributed by atoms with Gasteiger partial charge in [0.15, 0.2) is 0 Å². The van der Waals surface area contributed by atoms with E-state index in [0.29, 0.717) is 12.3 Å². The summed E-state index contributed by atoms with van der Waals surface area (Å²) in [6.07, 6.45) is 20.9. The molecule has 0 spiro atoms. The molecule has 0 saturated carbocycles. The lowest BCUT2D eigenvalue weighted by molar-refractivity contribution is -0.138. The van der Waals surface area contributed by atoms with E-state index in [1.54, 1.807) is 0 Å². The summed E-state index contributed by atoms with van der Waals surface area (Å²) >= 11 is 0. The van der Waals surface area contributed by atoms with Crippen LogP contribution in [-0.2, 0) is 4.79 Å². The number of hydrogen-bond acceptors (Lipinski definition) is 1. The van der Waals surface area contributed by atoms with Crippen molar-refractivity contribution in [3.8, 4) is 0 Å². The number of carboxylic acid groups (broad SMARTS) is 1. The summed E-state index contributed by atoms with van der Waals surface area (Å²) in [5.41, 5.74) is 0. The molecule has 130 valence electrons. The second kappa shape index (κ2) is 16.6. The highest BCUT2D eigenvalue weighted by Crippen LogP contribution is 2.19. The van der Waals surface area contributed by atoms with Gasteiger partial charge in [-0.05, 0) is 31.6 Å². The van der Waals surface area contributed by atoms with E-state index in [9.17, 15) is 4.79 Å². The highest BCUT2D eigenvalue weighted by atomic mass is 16.4. The van der Waals surface area contributed by atoms with Crippen LogP contribution in [0, 0.1) is 5.92 Å². The molecule has 1 atom stereocenters. The fourth-order valence-corrected chi connectivity index (χ4v) is 2.86. The summed E-state index contributed by atoms with van der Waals surface area (Å²) in [7, 11) is 0. The van der Waals surface area contributed by atoms with E-state index < -0.39 is 5.97 Å². The Bertz CT molecular complexity index is 271. The van der Waals surface area contributed by atoms with Crippen LogP contribution in [0.5, 0.6) is 0 Å². The van der Waals surface area contributed by atoms with Gasteiger partial charge in [0, 0.05) is 6.42 Å². The third-order valence-corrected chi connectivity index (χ3v) is 4.29. The summed E-state index contributed by atoms with van der Waals surface area (Å²) in [6.45, 7) is 4.46. The fourth-order valence-electron chi connectivity index (χ4n) is 2.86. The average molecular weight is 311 g/mol. The first-order valence-corrected chi connectivity index (χ1v) is 9.57. The molecule has 1 N–H and O–H groups in total. The zero-order valence-corrected chi connectivity index (χ0v) is 15.0.